The molecule has 2 N–H and O–H groups in total. The summed E-state index contributed by atoms with van der Waals surface area (Å²) in [6.45, 7) is 5.34. The van der Waals surface area contributed by atoms with Crippen molar-refractivity contribution in [3.05, 3.63) is 52.8 Å². The van der Waals surface area contributed by atoms with E-state index in [1.165, 1.54) is 19.4 Å². The van der Waals surface area contributed by atoms with Crippen molar-refractivity contribution < 1.29 is 14.3 Å². The summed E-state index contributed by atoms with van der Waals surface area (Å²) in [5.74, 6) is -0.321. The van der Waals surface area contributed by atoms with E-state index in [0.717, 1.165) is 0 Å². The normalized spacial score (nSPS) is 12.6. The number of aromatic nitrogens is 1. The highest BCUT2D eigenvalue weighted by Crippen LogP contribution is 2.23. The lowest BCUT2D eigenvalue weighted by Crippen LogP contribution is -2.49. The van der Waals surface area contributed by atoms with Gasteiger partial charge in [-0.15, -0.1) is 0 Å². The maximum Gasteiger partial charge on any atom is 0.271 e. The largest absolute Gasteiger partial charge is 0.496 e. The van der Waals surface area contributed by atoms with Gasteiger partial charge in [-0.05, 0) is 43.2 Å². The Labute approximate surface area is 175 Å². The van der Waals surface area contributed by atoms with Gasteiger partial charge in [0.1, 0.15) is 17.0 Å². The first-order valence-electron chi connectivity index (χ1n) is 9.00. The fourth-order valence-electron chi connectivity index (χ4n) is 2.50. The maximum absolute atomic E-state index is 12.5. The lowest BCUT2D eigenvalue weighted by Gasteiger charge is -2.27. The van der Waals surface area contributed by atoms with Crippen molar-refractivity contribution in [3.8, 4) is 11.8 Å². The molecule has 0 aliphatic heterocycles. The number of ether oxygens (including phenoxy) is 1. The quantitative estimate of drug-likeness (QED) is 0.720. The minimum Gasteiger partial charge on any atom is -0.496 e. The molecule has 0 spiro atoms. The van der Waals surface area contributed by atoms with E-state index >= 15 is 0 Å². The number of nitrogens with zero attached hydrogens (tertiary/aromatic N) is 2. The zero-order chi connectivity index (χ0) is 21.6. The zero-order valence-corrected chi connectivity index (χ0v) is 17.5. The number of anilines is 1. The number of methoxy groups -OCH3 is 1. The molecule has 2 amide bonds. The third-order valence-electron chi connectivity index (χ3n) is 4.63. The summed E-state index contributed by atoms with van der Waals surface area (Å²) in [5.41, 5.74) is 0.136. The Morgan fingerprint density at radius 1 is 1.31 bits per heavy atom. The van der Waals surface area contributed by atoms with Crippen molar-refractivity contribution in [1.29, 1.82) is 5.26 Å². The number of hydrogen-bond donors (Lipinski definition) is 2. The number of hydrogen-bond acceptors (Lipinski definition) is 5. The van der Waals surface area contributed by atoms with Gasteiger partial charge in [0.05, 0.1) is 19.6 Å². The number of benzene rings is 1. The Morgan fingerprint density at radius 3 is 2.66 bits per heavy atom. The predicted octanol–water partition coefficient (Wildman–Crippen LogP) is 3.59. The van der Waals surface area contributed by atoms with Crippen LogP contribution in [0.1, 0.15) is 36.8 Å². The van der Waals surface area contributed by atoms with Crippen molar-refractivity contribution in [2.45, 2.75) is 32.7 Å². The predicted molar refractivity (Wildman–Crippen MR) is 111 cm³/mol. The first-order chi connectivity index (χ1) is 13.7. The molecule has 2 rings (SSSR count). The first-order valence-corrected chi connectivity index (χ1v) is 9.38. The highest BCUT2D eigenvalue weighted by atomic mass is 35.5. The number of amides is 2. The molecule has 1 aromatic heterocycles. The van der Waals surface area contributed by atoms with Crippen molar-refractivity contribution in [3.63, 3.8) is 0 Å². The molecule has 0 fully saturated rings. The van der Waals surface area contributed by atoms with Crippen molar-refractivity contribution in [1.82, 2.24) is 10.3 Å². The molecular formula is C21H23ClN4O3. The summed E-state index contributed by atoms with van der Waals surface area (Å²) in [6, 6.07) is 10.2. The average molecular weight is 415 g/mol. The minimum atomic E-state index is -1.03. The second kappa shape index (κ2) is 9.39. The number of rotatable bonds is 7. The molecule has 1 unspecified atom stereocenters. The van der Waals surface area contributed by atoms with Gasteiger partial charge in [0.2, 0.25) is 5.91 Å². The fourth-order valence-corrected chi connectivity index (χ4v) is 2.69. The van der Waals surface area contributed by atoms with E-state index in [-0.39, 0.29) is 23.9 Å². The summed E-state index contributed by atoms with van der Waals surface area (Å²) < 4.78 is 5.25. The third kappa shape index (κ3) is 5.69. The Morgan fingerprint density at radius 2 is 2.03 bits per heavy atom. The molecule has 0 aliphatic carbocycles. The van der Waals surface area contributed by atoms with Gasteiger partial charge in [0.25, 0.3) is 5.91 Å². The van der Waals surface area contributed by atoms with Crippen LogP contribution >= 0.6 is 11.6 Å². The number of halogens is 1. The monoisotopic (exact) mass is 414 g/mol. The van der Waals surface area contributed by atoms with Gasteiger partial charge in [-0.2, -0.15) is 5.26 Å². The summed E-state index contributed by atoms with van der Waals surface area (Å²) in [5, 5.41) is 15.3. The molecular weight excluding hydrogens is 392 g/mol. The van der Waals surface area contributed by atoms with Crippen LogP contribution < -0.4 is 15.4 Å². The van der Waals surface area contributed by atoms with Gasteiger partial charge in [-0.1, -0.05) is 25.4 Å². The average Bonchev–Trinajstić information content (AvgIpc) is 2.68. The van der Waals surface area contributed by atoms with Crippen molar-refractivity contribution >= 4 is 29.1 Å². The Kier molecular flexibility index (Phi) is 7.18. The van der Waals surface area contributed by atoms with E-state index in [9.17, 15) is 14.9 Å². The van der Waals surface area contributed by atoms with Crippen LogP contribution in [0.25, 0.3) is 0 Å². The molecule has 7 nitrogen and oxygen atoms in total. The van der Waals surface area contributed by atoms with Gasteiger partial charge < -0.3 is 15.4 Å². The smallest absolute Gasteiger partial charge is 0.271 e. The van der Waals surface area contributed by atoms with Crippen LogP contribution in [0.5, 0.6) is 5.75 Å². The molecule has 0 saturated heterocycles. The Balaban J connectivity index is 2.12. The molecule has 1 aromatic carbocycles. The van der Waals surface area contributed by atoms with Gasteiger partial charge in [-0.25, -0.2) is 0 Å². The molecule has 152 valence electrons. The highest BCUT2D eigenvalue weighted by molar-refractivity contribution is 6.30. The number of pyridine rings is 1. The number of carbonyl (C=O) groups is 2. The van der Waals surface area contributed by atoms with Gasteiger partial charge in [0, 0.05) is 22.5 Å². The maximum atomic E-state index is 12.5. The molecule has 0 radical (unpaired) electrons. The van der Waals surface area contributed by atoms with E-state index in [2.05, 4.69) is 21.7 Å². The SMILES string of the molecule is COc1ccc(Cl)cc1CC(=O)Nc1ccnc(C(=O)NC(C)(C#N)C(C)C)c1. The van der Waals surface area contributed by atoms with E-state index in [1.54, 1.807) is 31.2 Å². The Bertz CT molecular complexity index is 955. The number of carbonyl (C=O) groups excluding carboxylic acids is 2. The summed E-state index contributed by atoms with van der Waals surface area (Å²) in [7, 11) is 1.52. The van der Waals surface area contributed by atoms with Crippen molar-refractivity contribution in [2.75, 3.05) is 12.4 Å². The van der Waals surface area contributed by atoms with Crippen LogP contribution in [-0.2, 0) is 11.2 Å². The van der Waals surface area contributed by atoms with Crippen LogP contribution in [0, 0.1) is 17.2 Å². The minimum absolute atomic E-state index is 0.0490. The van der Waals surface area contributed by atoms with Gasteiger partial charge >= 0.3 is 0 Å². The van der Waals surface area contributed by atoms with Gasteiger partial charge in [0.15, 0.2) is 0 Å². The number of nitriles is 1. The van der Waals surface area contributed by atoms with Gasteiger partial charge in [-0.3, -0.25) is 14.6 Å². The number of nitrogens with one attached hydrogen (secondary N) is 2. The summed E-state index contributed by atoms with van der Waals surface area (Å²) in [4.78, 5) is 29.0. The lowest BCUT2D eigenvalue weighted by molar-refractivity contribution is -0.115. The van der Waals surface area contributed by atoms with Crippen LogP contribution in [-0.4, -0.2) is 29.4 Å². The van der Waals surface area contributed by atoms with E-state index < -0.39 is 11.4 Å². The van der Waals surface area contributed by atoms with Crippen LogP contribution in [0.3, 0.4) is 0 Å². The second-order valence-corrected chi connectivity index (χ2v) is 7.47. The molecule has 2 aromatic rings. The zero-order valence-electron chi connectivity index (χ0n) is 16.7. The molecule has 29 heavy (non-hydrogen) atoms. The molecule has 0 saturated carbocycles. The lowest BCUT2D eigenvalue weighted by atomic mass is 9.90. The topological polar surface area (TPSA) is 104 Å². The third-order valence-corrected chi connectivity index (χ3v) is 4.87. The van der Waals surface area contributed by atoms with Crippen LogP contribution in [0.4, 0.5) is 5.69 Å². The molecule has 0 aliphatic rings. The molecule has 1 atom stereocenters. The Hall–Kier alpha value is -3.11. The molecule has 0 bridgehead atoms. The summed E-state index contributed by atoms with van der Waals surface area (Å²) in [6.07, 6.45) is 1.47. The highest BCUT2D eigenvalue weighted by Gasteiger charge is 2.30. The van der Waals surface area contributed by atoms with Crippen LogP contribution in [0.15, 0.2) is 36.5 Å². The van der Waals surface area contributed by atoms with E-state index in [4.69, 9.17) is 16.3 Å². The standard InChI is InChI=1S/C21H23ClN4O3/c1-13(2)21(3,12-23)26-20(28)17-11-16(7-8-24-17)25-19(27)10-14-9-15(22)5-6-18(14)29-4/h5-9,11,13H,10H2,1-4H3,(H,26,28)(H,24,25,27). The summed E-state index contributed by atoms with van der Waals surface area (Å²) >= 11 is 6.00. The van der Waals surface area contributed by atoms with E-state index in [0.29, 0.717) is 22.0 Å². The fraction of sp³-hybridized carbons (Fsp3) is 0.333. The second-order valence-electron chi connectivity index (χ2n) is 7.03. The van der Waals surface area contributed by atoms with E-state index in [1.807, 2.05) is 13.8 Å². The molecule has 8 heteroatoms. The van der Waals surface area contributed by atoms with Crippen molar-refractivity contribution in [2.24, 2.45) is 5.92 Å². The van der Waals surface area contributed by atoms with Crippen LogP contribution in [0.2, 0.25) is 5.02 Å². The first kappa shape index (κ1) is 22.2. The molecule has 1 heterocycles.